The first-order valence-electron chi connectivity index (χ1n) is 11.4. The molecule has 0 saturated heterocycles. The van der Waals surface area contributed by atoms with Gasteiger partial charge in [0.1, 0.15) is 11.6 Å². The van der Waals surface area contributed by atoms with Crippen molar-refractivity contribution in [2.75, 3.05) is 26.4 Å². The molecule has 0 aromatic carbocycles. The third-order valence-corrected chi connectivity index (χ3v) is 4.77. The molecule has 8 heteroatoms. The molecule has 3 atom stereocenters. The van der Waals surface area contributed by atoms with Gasteiger partial charge >= 0.3 is 0 Å². The summed E-state index contributed by atoms with van der Waals surface area (Å²) in [5, 5.41) is 5.86. The molecule has 8 nitrogen and oxygen atoms in total. The molecule has 0 fully saturated rings. The molecule has 0 bridgehead atoms. The number of rotatable bonds is 20. The second kappa shape index (κ2) is 17.6. The van der Waals surface area contributed by atoms with E-state index in [-0.39, 0.29) is 48.2 Å². The Balaban J connectivity index is 3.79. The summed E-state index contributed by atoms with van der Waals surface area (Å²) in [5.74, 6) is -0.496. The number of Topliss-reactive ketones (excluding diaryl/α,β-unsaturated/α-hetero) is 3. The molecule has 0 aliphatic rings. The van der Waals surface area contributed by atoms with Gasteiger partial charge in [-0.05, 0) is 66.8 Å². The lowest BCUT2D eigenvalue weighted by atomic mass is 10.1. The minimum atomic E-state index is -0.747. The summed E-state index contributed by atoms with van der Waals surface area (Å²) in [4.78, 5) is 46.2. The van der Waals surface area contributed by atoms with Gasteiger partial charge in [0.25, 0.3) is 0 Å². The SMILES string of the molecule is C=C(C)CC(NCCCCOCC(C)OCCCC(=O)NC(CC(C)=O)C(C)=O)C(C)=O. The number of unbranched alkanes of at least 4 members (excludes halogenated alkanes) is 1. The number of amides is 1. The molecule has 1 amide bonds. The number of carbonyl (C=O) groups is 4. The molecular formula is C24H42N2O6. The van der Waals surface area contributed by atoms with Crippen LogP contribution >= 0.6 is 0 Å². The fourth-order valence-electron chi connectivity index (χ4n) is 2.98. The van der Waals surface area contributed by atoms with Gasteiger partial charge in [-0.2, -0.15) is 0 Å². The molecular weight excluding hydrogens is 412 g/mol. The Labute approximate surface area is 192 Å². The zero-order chi connectivity index (χ0) is 24.5. The van der Waals surface area contributed by atoms with E-state index in [1.165, 1.54) is 13.8 Å². The van der Waals surface area contributed by atoms with Gasteiger partial charge in [-0.1, -0.05) is 5.57 Å². The van der Waals surface area contributed by atoms with Crippen molar-refractivity contribution >= 4 is 23.3 Å². The minimum absolute atomic E-state index is 0.0216. The Bertz CT molecular complexity index is 620. The van der Waals surface area contributed by atoms with Crippen molar-refractivity contribution in [2.45, 2.75) is 91.3 Å². The smallest absolute Gasteiger partial charge is 0.220 e. The third kappa shape index (κ3) is 16.8. The fraction of sp³-hybridized carbons (Fsp3) is 0.750. The predicted octanol–water partition coefficient (Wildman–Crippen LogP) is 2.53. The maximum absolute atomic E-state index is 11.9. The first kappa shape index (κ1) is 30.1. The summed E-state index contributed by atoms with van der Waals surface area (Å²) in [6.07, 6.45) is 3.15. The summed E-state index contributed by atoms with van der Waals surface area (Å²) in [6, 6.07) is -0.908. The summed E-state index contributed by atoms with van der Waals surface area (Å²) < 4.78 is 11.3. The fourth-order valence-corrected chi connectivity index (χ4v) is 2.98. The Morgan fingerprint density at radius 1 is 0.875 bits per heavy atom. The van der Waals surface area contributed by atoms with Gasteiger partial charge < -0.3 is 20.1 Å². The van der Waals surface area contributed by atoms with Crippen LogP contribution < -0.4 is 10.6 Å². The van der Waals surface area contributed by atoms with Crippen LogP contribution in [0.5, 0.6) is 0 Å². The number of ether oxygens (including phenoxy) is 2. The van der Waals surface area contributed by atoms with Gasteiger partial charge in [0.2, 0.25) is 5.91 Å². The molecule has 3 unspecified atom stereocenters. The van der Waals surface area contributed by atoms with E-state index in [1.807, 2.05) is 13.8 Å². The van der Waals surface area contributed by atoms with Crippen molar-refractivity contribution < 1.29 is 28.7 Å². The number of hydrogen-bond acceptors (Lipinski definition) is 7. The number of ketones is 3. The lowest BCUT2D eigenvalue weighted by molar-refractivity contribution is -0.129. The van der Waals surface area contributed by atoms with Crippen LogP contribution in [0.15, 0.2) is 12.2 Å². The summed E-state index contributed by atoms with van der Waals surface area (Å²) in [7, 11) is 0. The van der Waals surface area contributed by atoms with E-state index in [2.05, 4.69) is 17.2 Å². The zero-order valence-electron chi connectivity index (χ0n) is 20.5. The van der Waals surface area contributed by atoms with Crippen molar-refractivity contribution in [3.05, 3.63) is 12.2 Å². The van der Waals surface area contributed by atoms with Crippen LogP contribution in [0, 0.1) is 0 Å². The maximum Gasteiger partial charge on any atom is 0.220 e. The average molecular weight is 455 g/mol. The standard InChI is InChI=1S/C24H42N2O6/c1-17(2)14-22(20(5)28)25-11-7-8-12-31-16-19(4)32-13-9-10-24(30)26-23(21(6)29)15-18(3)27/h19,22-23,25H,1,7-16H2,2-6H3,(H,26,30). The Kier molecular flexibility index (Phi) is 16.6. The van der Waals surface area contributed by atoms with E-state index in [0.29, 0.717) is 32.7 Å². The van der Waals surface area contributed by atoms with Gasteiger partial charge in [-0.25, -0.2) is 0 Å². The molecule has 0 aromatic rings. The molecule has 2 N–H and O–H groups in total. The normalized spacial score (nSPS) is 13.8. The maximum atomic E-state index is 11.9. The number of hydrogen-bond donors (Lipinski definition) is 2. The summed E-state index contributed by atoms with van der Waals surface area (Å²) >= 11 is 0. The average Bonchev–Trinajstić information content (AvgIpc) is 2.68. The molecule has 0 aliphatic heterocycles. The van der Waals surface area contributed by atoms with Gasteiger partial charge in [0.05, 0.1) is 24.8 Å². The van der Waals surface area contributed by atoms with Crippen LogP contribution in [0.25, 0.3) is 0 Å². The Hall–Kier alpha value is -1.90. The van der Waals surface area contributed by atoms with E-state index in [0.717, 1.165) is 25.0 Å². The lowest BCUT2D eigenvalue weighted by Gasteiger charge is -2.16. The van der Waals surface area contributed by atoms with E-state index in [1.54, 1.807) is 6.92 Å². The van der Waals surface area contributed by atoms with E-state index in [9.17, 15) is 19.2 Å². The number of nitrogens with one attached hydrogen (secondary N) is 2. The van der Waals surface area contributed by atoms with Crippen molar-refractivity contribution in [2.24, 2.45) is 0 Å². The van der Waals surface area contributed by atoms with Crippen molar-refractivity contribution in [1.29, 1.82) is 0 Å². The first-order valence-corrected chi connectivity index (χ1v) is 11.4. The second-order valence-electron chi connectivity index (χ2n) is 8.48. The van der Waals surface area contributed by atoms with Crippen LogP contribution in [0.4, 0.5) is 0 Å². The molecule has 0 heterocycles. The van der Waals surface area contributed by atoms with Crippen molar-refractivity contribution in [3.8, 4) is 0 Å². The van der Waals surface area contributed by atoms with E-state index in [4.69, 9.17) is 9.47 Å². The molecule has 0 rings (SSSR count). The monoisotopic (exact) mass is 454 g/mol. The van der Waals surface area contributed by atoms with Gasteiger partial charge in [0.15, 0.2) is 5.78 Å². The number of carbonyl (C=O) groups excluding carboxylic acids is 4. The highest BCUT2D eigenvalue weighted by molar-refractivity contribution is 5.91. The van der Waals surface area contributed by atoms with Crippen LogP contribution in [-0.4, -0.2) is 67.8 Å². The van der Waals surface area contributed by atoms with Crippen molar-refractivity contribution in [3.63, 3.8) is 0 Å². The summed E-state index contributed by atoms with van der Waals surface area (Å²) in [5.41, 5.74) is 0.990. The topological polar surface area (TPSA) is 111 Å². The third-order valence-electron chi connectivity index (χ3n) is 4.77. The Morgan fingerprint density at radius 2 is 1.53 bits per heavy atom. The lowest BCUT2D eigenvalue weighted by Crippen LogP contribution is -2.41. The molecule has 0 aromatic heterocycles. The molecule has 184 valence electrons. The predicted molar refractivity (Wildman–Crippen MR) is 125 cm³/mol. The molecule has 0 aliphatic carbocycles. The highest BCUT2D eigenvalue weighted by Crippen LogP contribution is 2.04. The largest absolute Gasteiger partial charge is 0.379 e. The second-order valence-corrected chi connectivity index (χ2v) is 8.48. The molecule has 0 radical (unpaired) electrons. The van der Waals surface area contributed by atoms with Crippen LogP contribution in [-0.2, 0) is 28.7 Å². The first-order chi connectivity index (χ1) is 15.0. The van der Waals surface area contributed by atoms with E-state index >= 15 is 0 Å². The molecule has 32 heavy (non-hydrogen) atoms. The van der Waals surface area contributed by atoms with Crippen LogP contribution in [0.2, 0.25) is 0 Å². The Morgan fingerprint density at radius 3 is 2.09 bits per heavy atom. The van der Waals surface area contributed by atoms with Gasteiger partial charge in [-0.3, -0.25) is 19.2 Å². The van der Waals surface area contributed by atoms with Gasteiger partial charge in [0, 0.05) is 26.1 Å². The molecule has 0 saturated carbocycles. The highest BCUT2D eigenvalue weighted by atomic mass is 16.5. The van der Waals surface area contributed by atoms with Crippen LogP contribution in [0.1, 0.15) is 73.1 Å². The molecule has 0 spiro atoms. The highest BCUT2D eigenvalue weighted by Gasteiger charge is 2.18. The van der Waals surface area contributed by atoms with E-state index < -0.39 is 6.04 Å². The van der Waals surface area contributed by atoms with Crippen molar-refractivity contribution in [1.82, 2.24) is 10.6 Å². The van der Waals surface area contributed by atoms with Gasteiger partial charge in [-0.15, -0.1) is 6.58 Å². The summed E-state index contributed by atoms with van der Waals surface area (Å²) in [6.45, 7) is 14.3. The minimum Gasteiger partial charge on any atom is -0.379 e. The zero-order valence-corrected chi connectivity index (χ0v) is 20.5. The van der Waals surface area contributed by atoms with Crippen LogP contribution in [0.3, 0.4) is 0 Å². The quantitative estimate of drug-likeness (QED) is 0.215.